The summed E-state index contributed by atoms with van der Waals surface area (Å²) in [7, 11) is 1.82. The normalized spacial score (nSPS) is 16.1. The monoisotopic (exact) mass is 478 g/mol. The number of hydrogen-bond donors (Lipinski definition) is 1. The highest BCUT2D eigenvalue weighted by molar-refractivity contribution is 5.74. The standard InChI is InChI=1S/C26H34N6O3/c1-6-7-18-8-11-23(33)32(14-18)16-22-24(28-29-30(22)5)20-9-10-21(17(2)27-20)31-13-12-19(15-31)26(3,4)25(34)35/h8-11,14,19H,6-7,12-13,15-16H2,1-5H3,(H,34,35). The Morgan fingerprint density at radius 3 is 2.69 bits per heavy atom. The van der Waals surface area contributed by atoms with Gasteiger partial charge in [0, 0.05) is 32.4 Å². The van der Waals surface area contributed by atoms with Gasteiger partial charge in [-0.1, -0.05) is 24.6 Å². The highest BCUT2D eigenvalue weighted by atomic mass is 16.4. The van der Waals surface area contributed by atoms with Crippen molar-refractivity contribution in [1.82, 2.24) is 24.5 Å². The summed E-state index contributed by atoms with van der Waals surface area (Å²) in [4.78, 5) is 31.2. The highest BCUT2D eigenvalue weighted by Gasteiger charge is 2.41. The smallest absolute Gasteiger partial charge is 0.309 e. The minimum absolute atomic E-state index is 0.0654. The third kappa shape index (κ3) is 4.85. The summed E-state index contributed by atoms with van der Waals surface area (Å²) in [5, 5.41) is 18.2. The summed E-state index contributed by atoms with van der Waals surface area (Å²) in [5.74, 6) is -0.684. The molecule has 0 saturated carbocycles. The van der Waals surface area contributed by atoms with E-state index in [2.05, 4.69) is 22.1 Å². The Morgan fingerprint density at radius 2 is 2.00 bits per heavy atom. The molecule has 1 saturated heterocycles. The number of hydrogen-bond acceptors (Lipinski definition) is 6. The van der Waals surface area contributed by atoms with Crippen molar-refractivity contribution in [2.45, 2.75) is 53.5 Å². The van der Waals surface area contributed by atoms with E-state index in [9.17, 15) is 14.7 Å². The second-order valence-electron chi connectivity index (χ2n) is 10.0. The minimum atomic E-state index is -0.767. The van der Waals surface area contributed by atoms with Gasteiger partial charge in [-0.25, -0.2) is 9.67 Å². The van der Waals surface area contributed by atoms with E-state index in [1.165, 1.54) is 0 Å². The summed E-state index contributed by atoms with van der Waals surface area (Å²) in [5.41, 5.74) is 4.32. The third-order valence-electron chi connectivity index (χ3n) is 7.25. The van der Waals surface area contributed by atoms with Crippen LogP contribution in [-0.2, 0) is 24.8 Å². The number of carboxylic acids is 1. The Hall–Kier alpha value is -3.49. The minimum Gasteiger partial charge on any atom is -0.481 e. The number of aryl methyl sites for hydroxylation is 3. The summed E-state index contributed by atoms with van der Waals surface area (Å²) in [6, 6.07) is 7.46. The SMILES string of the molecule is CCCc1ccc(=O)n(Cc2c(-c3ccc(N4CCC(C(C)(C)C(=O)O)C4)c(C)n3)nnn2C)c1. The van der Waals surface area contributed by atoms with Gasteiger partial charge in [0.25, 0.3) is 5.56 Å². The van der Waals surface area contributed by atoms with Crippen LogP contribution in [0.3, 0.4) is 0 Å². The summed E-state index contributed by atoms with van der Waals surface area (Å²) in [6.45, 7) is 9.53. The highest BCUT2D eigenvalue weighted by Crippen LogP contribution is 2.37. The van der Waals surface area contributed by atoms with Crippen LogP contribution in [0.1, 0.15) is 50.6 Å². The zero-order valence-electron chi connectivity index (χ0n) is 21.2. The number of carbonyl (C=O) groups is 1. The van der Waals surface area contributed by atoms with E-state index < -0.39 is 11.4 Å². The second kappa shape index (κ2) is 9.64. The van der Waals surface area contributed by atoms with Gasteiger partial charge in [-0.15, -0.1) is 5.10 Å². The molecule has 186 valence electrons. The molecule has 0 amide bonds. The molecule has 9 nitrogen and oxygen atoms in total. The largest absolute Gasteiger partial charge is 0.481 e. The molecular formula is C26H34N6O3. The first-order valence-corrected chi connectivity index (χ1v) is 12.2. The van der Waals surface area contributed by atoms with Crippen molar-refractivity contribution in [2.24, 2.45) is 18.4 Å². The number of rotatable bonds is 8. The molecule has 0 aliphatic carbocycles. The quantitative estimate of drug-likeness (QED) is 0.529. The molecule has 1 unspecified atom stereocenters. The number of anilines is 1. The fourth-order valence-electron chi connectivity index (χ4n) is 4.82. The van der Waals surface area contributed by atoms with Gasteiger partial charge in [-0.3, -0.25) is 9.59 Å². The Labute approximate surface area is 205 Å². The predicted molar refractivity (Wildman–Crippen MR) is 135 cm³/mol. The Kier molecular flexibility index (Phi) is 6.78. The van der Waals surface area contributed by atoms with Gasteiger partial charge in [-0.05, 0) is 57.2 Å². The molecule has 1 atom stereocenters. The van der Waals surface area contributed by atoms with Gasteiger partial charge in [0.05, 0.1) is 34.7 Å². The topological polar surface area (TPSA) is 106 Å². The van der Waals surface area contributed by atoms with Crippen molar-refractivity contribution in [2.75, 3.05) is 18.0 Å². The van der Waals surface area contributed by atoms with Gasteiger partial charge < -0.3 is 14.6 Å². The number of pyridine rings is 2. The maximum absolute atomic E-state index is 12.5. The maximum atomic E-state index is 12.5. The Bertz CT molecular complexity index is 1290. The van der Waals surface area contributed by atoms with E-state index in [1.807, 2.05) is 38.4 Å². The average molecular weight is 479 g/mol. The summed E-state index contributed by atoms with van der Waals surface area (Å²) >= 11 is 0. The zero-order valence-corrected chi connectivity index (χ0v) is 21.2. The van der Waals surface area contributed by atoms with Crippen LogP contribution in [0.15, 0.2) is 35.3 Å². The number of aliphatic carboxylic acids is 1. The number of nitrogens with zero attached hydrogens (tertiary/aromatic N) is 6. The van der Waals surface area contributed by atoms with Gasteiger partial charge in [0.15, 0.2) is 0 Å². The van der Waals surface area contributed by atoms with E-state index in [4.69, 9.17) is 4.98 Å². The van der Waals surface area contributed by atoms with Crippen molar-refractivity contribution in [3.63, 3.8) is 0 Å². The van der Waals surface area contributed by atoms with Crippen molar-refractivity contribution in [3.8, 4) is 11.4 Å². The number of aromatic nitrogens is 5. The van der Waals surface area contributed by atoms with Crippen LogP contribution >= 0.6 is 0 Å². The van der Waals surface area contributed by atoms with E-state index in [-0.39, 0.29) is 11.5 Å². The lowest BCUT2D eigenvalue weighted by molar-refractivity contribution is -0.149. The molecule has 35 heavy (non-hydrogen) atoms. The molecule has 0 spiro atoms. The summed E-state index contributed by atoms with van der Waals surface area (Å²) in [6.07, 6.45) is 4.67. The predicted octanol–water partition coefficient (Wildman–Crippen LogP) is 3.29. The molecule has 1 aliphatic rings. The molecule has 1 fully saturated rings. The summed E-state index contributed by atoms with van der Waals surface area (Å²) < 4.78 is 3.39. The van der Waals surface area contributed by atoms with Crippen LogP contribution in [0, 0.1) is 18.3 Å². The Balaban J connectivity index is 1.59. The van der Waals surface area contributed by atoms with E-state index in [0.717, 1.165) is 48.4 Å². The lowest BCUT2D eigenvalue weighted by atomic mass is 9.78. The van der Waals surface area contributed by atoms with Crippen molar-refractivity contribution in [1.29, 1.82) is 0 Å². The molecule has 0 aromatic carbocycles. The fourth-order valence-corrected chi connectivity index (χ4v) is 4.82. The van der Waals surface area contributed by atoms with Crippen LogP contribution in [0.4, 0.5) is 5.69 Å². The van der Waals surface area contributed by atoms with Gasteiger partial charge in [-0.2, -0.15) is 0 Å². The first kappa shape index (κ1) is 24.6. The van der Waals surface area contributed by atoms with Gasteiger partial charge in [0.1, 0.15) is 5.69 Å². The average Bonchev–Trinajstić information content (AvgIpc) is 3.44. The molecule has 3 aromatic rings. The molecule has 9 heteroatoms. The molecule has 0 radical (unpaired) electrons. The first-order chi connectivity index (χ1) is 16.6. The van der Waals surface area contributed by atoms with Crippen molar-refractivity contribution >= 4 is 11.7 Å². The number of carboxylic acid groups (broad SMARTS) is 1. The van der Waals surface area contributed by atoms with Crippen LogP contribution in [0.5, 0.6) is 0 Å². The maximum Gasteiger partial charge on any atom is 0.309 e. The molecular weight excluding hydrogens is 444 g/mol. The third-order valence-corrected chi connectivity index (χ3v) is 7.25. The van der Waals surface area contributed by atoms with Crippen molar-refractivity contribution < 1.29 is 9.90 Å². The molecule has 1 N–H and O–H groups in total. The Morgan fingerprint density at radius 1 is 1.23 bits per heavy atom. The fraction of sp³-hybridized carbons (Fsp3) is 0.500. The van der Waals surface area contributed by atoms with E-state index in [0.29, 0.717) is 24.5 Å². The van der Waals surface area contributed by atoms with E-state index in [1.54, 1.807) is 29.2 Å². The van der Waals surface area contributed by atoms with Crippen LogP contribution in [-0.4, -0.2) is 48.7 Å². The van der Waals surface area contributed by atoms with Crippen molar-refractivity contribution in [3.05, 3.63) is 57.8 Å². The lowest BCUT2D eigenvalue weighted by Crippen LogP contribution is -2.35. The molecule has 0 bridgehead atoms. The van der Waals surface area contributed by atoms with Gasteiger partial charge in [0.2, 0.25) is 0 Å². The molecule has 4 rings (SSSR count). The van der Waals surface area contributed by atoms with Crippen LogP contribution < -0.4 is 10.5 Å². The molecule has 4 heterocycles. The first-order valence-electron chi connectivity index (χ1n) is 12.2. The van der Waals surface area contributed by atoms with Crippen LogP contribution in [0.2, 0.25) is 0 Å². The molecule has 3 aromatic heterocycles. The lowest BCUT2D eigenvalue weighted by Gasteiger charge is -2.27. The van der Waals surface area contributed by atoms with Crippen LogP contribution in [0.25, 0.3) is 11.4 Å². The molecule has 1 aliphatic heterocycles. The zero-order chi connectivity index (χ0) is 25.3. The van der Waals surface area contributed by atoms with E-state index >= 15 is 0 Å². The van der Waals surface area contributed by atoms with Gasteiger partial charge >= 0.3 is 5.97 Å². The second-order valence-corrected chi connectivity index (χ2v) is 10.0.